The molecule has 4 rings (SSSR count). The van der Waals surface area contributed by atoms with Gasteiger partial charge in [0.1, 0.15) is 5.69 Å². The largest absolute Gasteiger partial charge is 0.493 e. The van der Waals surface area contributed by atoms with Gasteiger partial charge in [-0.25, -0.2) is 15.0 Å². The lowest BCUT2D eigenvalue weighted by Gasteiger charge is -2.15. The van der Waals surface area contributed by atoms with Gasteiger partial charge in [-0.1, -0.05) is 48.5 Å². The molecule has 0 aliphatic rings. The van der Waals surface area contributed by atoms with Crippen LogP contribution >= 0.6 is 0 Å². The van der Waals surface area contributed by atoms with E-state index in [1.54, 1.807) is 31.6 Å². The number of rotatable bonds is 7. The molecule has 2 aromatic carbocycles. The molecule has 0 saturated heterocycles. The van der Waals surface area contributed by atoms with Crippen molar-refractivity contribution in [2.24, 2.45) is 0 Å². The highest BCUT2D eigenvalue weighted by atomic mass is 16.5. The molecule has 154 valence electrons. The zero-order valence-corrected chi connectivity index (χ0v) is 17.1. The van der Waals surface area contributed by atoms with Gasteiger partial charge >= 0.3 is 0 Å². The smallest absolute Gasteiger partial charge is 0.261 e. The van der Waals surface area contributed by atoms with Crippen LogP contribution in [0.1, 0.15) is 11.3 Å². The second kappa shape index (κ2) is 9.49. The van der Waals surface area contributed by atoms with Gasteiger partial charge in [-0.3, -0.25) is 0 Å². The summed E-state index contributed by atoms with van der Waals surface area (Å²) in [5.74, 6) is 2.44. The Hall–Kier alpha value is -4.26. The zero-order chi connectivity index (χ0) is 21.5. The number of para-hydroxylation sites is 2. The summed E-state index contributed by atoms with van der Waals surface area (Å²) in [6.45, 7) is 0. The van der Waals surface area contributed by atoms with Crippen molar-refractivity contribution in [3.8, 4) is 34.8 Å². The normalized spacial score (nSPS) is 10.8. The second-order valence-corrected chi connectivity index (χ2v) is 6.34. The molecular formula is C24H20N4O3. The molecule has 0 saturated carbocycles. The number of methoxy groups -OCH3 is 2. The standard InChI is InChI=1S/C24H20N4O3/c1-29-19-11-6-7-12-20(19)31-21-18(14-13-17-9-4-3-5-10-17)27-23(28-24(21)30-2)22-25-15-8-16-26-22/h3-16H,1-2H3. The fourth-order valence-corrected chi connectivity index (χ4v) is 2.86. The average Bonchev–Trinajstić information content (AvgIpc) is 2.84. The Balaban J connectivity index is 1.84. The molecule has 2 heterocycles. The van der Waals surface area contributed by atoms with E-state index in [0.717, 1.165) is 5.56 Å². The van der Waals surface area contributed by atoms with Crippen molar-refractivity contribution < 1.29 is 14.2 Å². The molecule has 0 bridgehead atoms. The third-order valence-corrected chi connectivity index (χ3v) is 4.33. The molecule has 7 heteroatoms. The Morgan fingerprint density at radius 3 is 2.10 bits per heavy atom. The molecule has 31 heavy (non-hydrogen) atoms. The first-order chi connectivity index (χ1) is 15.3. The van der Waals surface area contributed by atoms with Gasteiger partial charge in [0.15, 0.2) is 17.3 Å². The SMILES string of the molecule is COc1ccccc1Oc1c(C=Cc2ccccc2)nc(-c2ncccn2)nc1OC. The van der Waals surface area contributed by atoms with Gasteiger partial charge in [-0.2, -0.15) is 4.98 Å². The van der Waals surface area contributed by atoms with E-state index in [9.17, 15) is 0 Å². The van der Waals surface area contributed by atoms with Crippen LogP contribution < -0.4 is 14.2 Å². The van der Waals surface area contributed by atoms with Gasteiger partial charge < -0.3 is 14.2 Å². The van der Waals surface area contributed by atoms with E-state index in [-0.39, 0.29) is 5.88 Å². The van der Waals surface area contributed by atoms with Crippen molar-refractivity contribution in [2.45, 2.75) is 0 Å². The van der Waals surface area contributed by atoms with Gasteiger partial charge in [-0.05, 0) is 29.8 Å². The Kier molecular flexibility index (Phi) is 6.13. The lowest BCUT2D eigenvalue weighted by atomic mass is 10.2. The van der Waals surface area contributed by atoms with Crippen LogP contribution in [0.15, 0.2) is 73.1 Å². The summed E-state index contributed by atoms with van der Waals surface area (Å²) in [4.78, 5) is 17.6. The predicted octanol–water partition coefficient (Wildman–Crippen LogP) is 4.91. The minimum atomic E-state index is 0.260. The van der Waals surface area contributed by atoms with Crippen molar-refractivity contribution in [3.05, 3.63) is 84.3 Å². The lowest BCUT2D eigenvalue weighted by Crippen LogP contribution is -2.03. The van der Waals surface area contributed by atoms with Crippen molar-refractivity contribution in [2.75, 3.05) is 14.2 Å². The third kappa shape index (κ3) is 4.67. The van der Waals surface area contributed by atoms with E-state index in [4.69, 9.17) is 14.2 Å². The highest BCUT2D eigenvalue weighted by molar-refractivity contribution is 5.73. The van der Waals surface area contributed by atoms with Crippen LogP contribution in [0.25, 0.3) is 23.8 Å². The predicted molar refractivity (Wildman–Crippen MR) is 118 cm³/mol. The first kappa shape index (κ1) is 20.0. The molecule has 0 aliphatic carbocycles. The molecule has 0 amide bonds. The summed E-state index contributed by atoms with van der Waals surface area (Å²) in [6, 6.07) is 19.0. The quantitative estimate of drug-likeness (QED) is 0.426. The summed E-state index contributed by atoms with van der Waals surface area (Å²) >= 11 is 0. The first-order valence-electron chi connectivity index (χ1n) is 9.56. The molecule has 0 N–H and O–H groups in total. The van der Waals surface area contributed by atoms with Gasteiger partial charge in [-0.15, -0.1) is 0 Å². The number of ether oxygens (including phenoxy) is 3. The number of benzene rings is 2. The van der Waals surface area contributed by atoms with E-state index in [1.807, 2.05) is 60.7 Å². The van der Waals surface area contributed by atoms with Crippen molar-refractivity contribution in [1.82, 2.24) is 19.9 Å². The van der Waals surface area contributed by atoms with Crippen molar-refractivity contribution in [3.63, 3.8) is 0 Å². The zero-order valence-electron chi connectivity index (χ0n) is 17.1. The number of nitrogens with zero attached hydrogens (tertiary/aromatic N) is 4. The maximum absolute atomic E-state index is 6.17. The van der Waals surface area contributed by atoms with E-state index in [0.29, 0.717) is 34.6 Å². The van der Waals surface area contributed by atoms with Gasteiger partial charge in [0.05, 0.1) is 14.2 Å². The molecule has 0 radical (unpaired) electrons. The topological polar surface area (TPSA) is 79.3 Å². The Labute approximate surface area is 180 Å². The summed E-state index contributed by atoms with van der Waals surface area (Å²) in [5.41, 5.74) is 1.53. The molecular weight excluding hydrogens is 392 g/mol. The maximum Gasteiger partial charge on any atom is 0.261 e. The Morgan fingerprint density at radius 2 is 1.39 bits per heavy atom. The highest BCUT2D eigenvalue weighted by Crippen LogP contribution is 2.38. The Morgan fingerprint density at radius 1 is 0.677 bits per heavy atom. The van der Waals surface area contributed by atoms with Crippen molar-refractivity contribution in [1.29, 1.82) is 0 Å². The minimum Gasteiger partial charge on any atom is -0.493 e. The molecule has 7 nitrogen and oxygen atoms in total. The fraction of sp³-hybridized carbons (Fsp3) is 0.0833. The van der Waals surface area contributed by atoms with Crippen LogP contribution in [0.2, 0.25) is 0 Å². The summed E-state index contributed by atoms with van der Waals surface area (Å²) in [6.07, 6.45) is 7.05. The van der Waals surface area contributed by atoms with Crippen LogP contribution in [0.4, 0.5) is 0 Å². The molecule has 0 aliphatic heterocycles. The number of hydrogen-bond acceptors (Lipinski definition) is 7. The van der Waals surface area contributed by atoms with Crippen LogP contribution in [0.5, 0.6) is 23.1 Å². The van der Waals surface area contributed by atoms with E-state index in [1.165, 1.54) is 7.11 Å². The highest BCUT2D eigenvalue weighted by Gasteiger charge is 2.19. The monoisotopic (exact) mass is 412 g/mol. The average molecular weight is 412 g/mol. The number of aromatic nitrogens is 4. The number of hydrogen-bond donors (Lipinski definition) is 0. The minimum absolute atomic E-state index is 0.260. The molecule has 0 atom stereocenters. The first-order valence-corrected chi connectivity index (χ1v) is 9.56. The summed E-state index contributed by atoms with van der Waals surface area (Å²) in [7, 11) is 3.11. The van der Waals surface area contributed by atoms with Crippen molar-refractivity contribution >= 4 is 12.2 Å². The van der Waals surface area contributed by atoms with Crippen LogP contribution in [-0.4, -0.2) is 34.2 Å². The van der Waals surface area contributed by atoms with Gasteiger partial charge in [0.2, 0.25) is 11.6 Å². The van der Waals surface area contributed by atoms with Crippen LogP contribution in [-0.2, 0) is 0 Å². The second-order valence-electron chi connectivity index (χ2n) is 6.34. The van der Waals surface area contributed by atoms with Crippen LogP contribution in [0.3, 0.4) is 0 Å². The lowest BCUT2D eigenvalue weighted by molar-refractivity contribution is 0.346. The maximum atomic E-state index is 6.17. The third-order valence-electron chi connectivity index (χ3n) is 4.33. The van der Waals surface area contributed by atoms with E-state index in [2.05, 4.69) is 19.9 Å². The van der Waals surface area contributed by atoms with Gasteiger partial charge in [0, 0.05) is 12.4 Å². The van der Waals surface area contributed by atoms with E-state index >= 15 is 0 Å². The van der Waals surface area contributed by atoms with Gasteiger partial charge in [0.25, 0.3) is 5.88 Å². The molecule has 0 fully saturated rings. The van der Waals surface area contributed by atoms with E-state index < -0.39 is 0 Å². The molecule has 0 spiro atoms. The summed E-state index contributed by atoms with van der Waals surface area (Å²) < 4.78 is 17.1. The molecule has 2 aromatic heterocycles. The van der Waals surface area contributed by atoms with Crippen LogP contribution in [0, 0.1) is 0 Å². The fourth-order valence-electron chi connectivity index (χ4n) is 2.86. The Bertz CT molecular complexity index is 1180. The summed E-state index contributed by atoms with van der Waals surface area (Å²) in [5, 5.41) is 0. The molecule has 0 unspecified atom stereocenters. The molecule has 4 aromatic rings.